The van der Waals surface area contributed by atoms with Crippen molar-refractivity contribution in [2.24, 2.45) is 0 Å². The first-order chi connectivity index (χ1) is 7.22. The van der Waals surface area contributed by atoms with Crippen molar-refractivity contribution in [1.82, 2.24) is 10.4 Å². The molecule has 4 heteroatoms. The molecule has 15 heavy (non-hydrogen) atoms. The summed E-state index contributed by atoms with van der Waals surface area (Å²) in [6, 6.07) is 0. The molecule has 0 aromatic heterocycles. The Morgan fingerprint density at radius 3 is 2.67 bits per heavy atom. The largest absolute Gasteiger partial charge is 0.463 e. The minimum atomic E-state index is -0.278. The molecule has 4 nitrogen and oxygen atoms in total. The van der Waals surface area contributed by atoms with E-state index >= 15 is 0 Å². The summed E-state index contributed by atoms with van der Waals surface area (Å²) in [6.07, 6.45) is 5.25. The van der Waals surface area contributed by atoms with Crippen molar-refractivity contribution in [2.45, 2.75) is 33.1 Å². The van der Waals surface area contributed by atoms with Crippen LogP contribution in [0.1, 0.15) is 33.1 Å². The number of rotatable bonds is 4. The summed E-state index contributed by atoms with van der Waals surface area (Å²) in [5.74, 6) is -0.278. The summed E-state index contributed by atoms with van der Waals surface area (Å²) < 4.78 is 4.83. The van der Waals surface area contributed by atoms with Gasteiger partial charge in [-0.05, 0) is 26.7 Å². The molecule has 1 aliphatic heterocycles. The summed E-state index contributed by atoms with van der Waals surface area (Å²) in [4.78, 5) is 11.1. The SMILES string of the molecule is CCOC(=O)/C=C(/C)NN1CCCCC1. The van der Waals surface area contributed by atoms with Crippen molar-refractivity contribution < 1.29 is 9.53 Å². The maximum absolute atomic E-state index is 11.1. The molecule has 0 amide bonds. The van der Waals surface area contributed by atoms with Gasteiger partial charge >= 0.3 is 5.97 Å². The minimum absolute atomic E-state index is 0.278. The first kappa shape index (κ1) is 12.0. The molecule has 0 aromatic rings. The van der Waals surface area contributed by atoms with Gasteiger partial charge in [-0.2, -0.15) is 0 Å². The highest BCUT2D eigenvalue weighted by Crippen LogP contribution is 2.07. The number of nitrogens with one attached hydrogen (secondary N) is 1. The number of ether oxygens (including phenoxy) is 1. The van der Waals surface area contributed by atoms with Gasteiger partial charge in [0.15, 0.2) is 0 Å². The molecule has 0 saturated carbocycles. The maximum atomic E-state index is 11.1. The second-order valence-corrected chi connectivity index (χ2v) is 3.74. The van der Waals surface area contributed by atoms with E-state index in [2.05, 4.69) is 10.4 Å². The van der Waals surface area contributed by atoms with E-state index in [0.717, 1.165) is 18.8 Å². The van der Waals surface area contributed by atoms with Crippen LogP contribution < -0.4 is 5.43 Å². The second kappa shape index (κ2) is 6.45. The Bertz CT molecular complexity index is 233. The zero-order valence-electron chi connectivity index (χ0n) is 9.58. The van der Waals surface area contributed by atoms with E-state index in [9.17, 15) is 4.79 Å². The number of allylic oxidation sites excluding steroid dienone is 1. The van der Waals surface area contributed by atoms with Gasteiger partial charge in [0.1, 0.15) is 0 Å². The van der Waals surface area contributed by atoms with Gasteiger partial charge in [0.05, 0.1) is 6.61 Å². The molecule has 1 aliphatic rings. The lowest BCUT2D eigenvalue weighted by Gasteiger charge is -2.28. The van der Waals surface area contributed by atoms with Crippen molar-refractivity contribution in [3.63, 3.8) is 0 Å². The molecule has 1 heterocycles. The number of hydrogen-bond acceptors (Lipinski definition) is 4. The number of piperidine rings is 1. The molecule has 0 bridgehead atoms. The fraction of sp³-hybridized carbons (Fsp3) is 0.727. The Kier molecular flexibility index (Phi) is 5.18. The Labute approximate surface area is 91.2 Å². The minimum Gasteiger partial charge on any atom is -0.463 e. The van der Waals surface area contributed by atoms with Crippen molar-refractivity contribution in [2.75, 3.05) is 19.7 Å². The van der Waals surface area contributed by atoms with Crippen LogP contribution in [0, 0.1) is 0 Å². The molecule has 86 valence electrons. The number of carbonyl (C=O) groups is 1. The molecule has 1 rings (SSSR count). The molecule has 0 aromatic carbocycles. The van der Waals surface area contributed by atoms with Crippen LogP contribution in [-0.4, -0.2) is 30.7 Å². The van der Waals surface area contributed by atoms with Gasteiger partial charge in [0, 0.05) is 24.9 Å². The first-order valence-electron chi connectivity index (χ1n) is 5.59. The Hall–Kier alpha value is -1.03. The summed E-state index contributed by atoms with van der Waals surface area (Å²) >= 11 is 0. The molecule has 0 unspecified atom stereocenters. The van der Waals surface area contributed by atoms with Crippen LogP contribution in [-0.2, 0) is 9.53 Å². The second-order valence-electron chi connectivity index (χ2n) is 3.74. The zero-order valence-corrected chi connectivity index (χ0v) is 9.58. The van der Waals surface area contributed by atoms with Crippen LogP contribution >= 0.6 is 0 Å². The third-order valence-corrected chi connectivity index (χ3v) is 2.31. The van der Waals surface area contributed by atoms with Gasteiger partial charge < -0.3 is 10.2 Å². The lowest BCUT2D eigenvalue weighted by Crippen LogP contribution is -2.40. The van der Waals surface area contributed by atoms with Gasteiger partial charge in [-0.1, -0.05) is 6.42 Å². The first-order valence-corrected chi connectivity index (χ1v) is 5.59. The highest BCUT2D eigenvalue weighted by molar-refractivity contribution is 5.82. The van der Waals surface area contributed by atoms with Gasteiger partial charge in [-0.25, -0.2) is 9.80 Å². The van der Waals surface area contributed by atoms with Crippen molar-refractivity contribution in [1.29, 1.82) is 0 Å². The molecule has 1 N–H and O–H groups in total. The zero-order chi connectivity index (χ0) is 11.1. The lowest BCUT2D eigenvalue weighted by molar-refractivity contribution is -0.137. The van der Waals surface area contributed by atoms with Crippen LogP contribution in [0.15, 0.2) is 11.8 Å². The predicted octanol–water partition coefficient (Wildman–Crippen LogP) is 1.44. The molecular formula is C11H20N2O2. The van der Waals surface area contributed by atoms with E-state index in [1.54, 1.807) is 6.92 Å². The Morgan fingerprint density at radius 2 is 2.07 bits per heavy atom. The van der Waals surface area contributed by atoms with E-state index in [4.69, 9.17) is 4.74 Å². The predicted molar refractivity (Wildman–Crippen MR) is 58.9 cm³/mol. The number of carbonyl (C=O) groups excluding carboxylic acids is 1. The lowest BCUT2D eigenvalue weighted by atomic mass is 10.2. The monoisotopic (exact) mass is 212 g/mol. The van der Waals surface area contributed by atoms with Gasteiger partial charge in [-0.15, -0.1) is 0 Å². The number of hydrazine groups is 1. The fourth-order valence-electron chi connectivity index (χ4n) is 1.65. The van der Waals surface area contributed by atoms with Gasteiger partial charge in [0.2, 0.25) is 0 Å². The topological polar surface area (TPSA) is 41.6 Å². The normalized spacial score (nSPS) is 18.7. The van der Waals surface area contributed by atoms with Crippen LogP contribution in [0.25, 0.3) is 0 Å². The summed E-state index contributed by atoms with van der Waals surface area (Å²) in [6.45, 7) is 6.21. The number of hydrogen-bond donors (Lipinski definition) is 1. The average Bonchev–Trinajstić information content (AvgIpc) is 2.19. The van der Waals surface area contributed by atoms with Crippen molar-refractivity contribution >= 4 is 5.97 Å². The smallest absolute Gasteiger partial charge is 0.332 e. The van der Waals surface area contributed by atoms with E-state index in [1.165, 1.54) is 25.3 Å². The van der Waals surface area contributed by atoms with Crippen molar-refractivity contribution in [3.8, 4) is 0 Å². The maximum Gasteiger partial charge on any atom is 0.332 e. The fourth-order valence-corrected chi connectivity index (χ4v) is 1.65. The highest BCUT2D eigenvalue weighted by Gasteiger charge is 2.09. The van der Waals surface area contributed by atoms with E-state index in [1.807, 2.05) is 6.92 Å². The van der Waals surface area contributed by atoms with Crippen LogP contribution in [0.3, 0.4) is 0 Å². The van der Waals surface area contributed by atoms with Crippen molar-refractivity contribution in [3.05, 3.63) is 11.8 Å². The molecule has 0 radical (unpaired) electrons. The summed E-state index contributed by atoms with van der Waals surface area (Å²) in [5, 5.41) is 2.15. The molecule has 0 atom stereocenters. The van der Waals surface area contributed by atoms with Crippen LogP contribution in [0.5, 0.6) is 0 Å². The highest BCUT2D eigenvalue weighted by atomic mass is 16.5. The molecule has 0 spiro atoms. The summed E-state index contributed by atoms with van der Waals surface area (Å²) in [7, 11) is 0. The Balaban J connectivity index is 2.32. The molecule has 1 saturated heterocycles. The number of nitrogens with zero attached hydrogens (tertiary/aromatic N) is 1. The quantitative estimate of drug-likeness (QED) is 0.565. The number of esters is 1. The average molecular weight is 212 g/mol. The van der Waals surface area contributed by atoms with Gasteiger partial charge in [0.25, 0.3) is 0 Å². The molecular weight excluding hydrogens is 192 g/mol. The molecule has 1 fully saturated rings. The Morgan fingerprint density at radius 1 is 1.40 bits per heavy atom. The standard InChI is InChI=1S/C11H20N2O2/c1-3-15-11(14)9-10(2)12-13-7-5-4-6-8-13/h9,12H,3-8H2,1-2H3/b10-9-. The molecule has 0 aliphatic carbocycles. The van der Waals surface area contributed by atoms with E-state index in [0.29, 0.717) is 6.61 Å². The third-order valence-electron chi connectivity index (χ3n) is 2.31. The van der Waals surface area contributed by atoms with E-state index in [-0.39, 0.29) is 5.97 Å². The summed E-state index contributed by atoms with van der Waals surface area (Å²) in [5.41, 5.74) is 4.04. The van der Waals surface area contributed by atoms with Crippen LogP contribution in [0.4, 0.5) is 0 Å². The van der Waals surface area contributed by atoms with Gasteiger partial charge in [-0.3, -0.25) is 0 Å². The third kappa shape index (κ3) is 4.83. The van der Waals surface area contributed by atoms with E-state index < -0.39 is 0 Å². The van der Waals surface area contributed by atoms with Crippen LogP contribution in [0.2, 0.25) is 0 Å².